The van der Waals surface area contributed by atoms with E-state index in [4.69, 9.17) is 9.72 Å². The highest BCUT2D eigenvalue weighted by Crippen LogP contribution is 2.41. The van der Waals surface area contributed by atoms with Gasteiger partial charge in [-0.15, -0.1) is 10.2 Å². The van der Waals surface area contributed by atoms with Gasteiger partial charge in [-0.1, -0.05) is 6.92 Å². The first kappa shape index (κ1) is 20.0. The number of rotatable bonds is 4. The van der Waals surface area contributed by atoms with E-state index >= 15 is 0 Å². The minimum Gasteiger partial charge on any atom is -0.379 e. The Balaban J connectivity index is 1.52. The molecule has 168 valence electrons. The zero-order valence-corrected chi connectivity index (χ0v) is 18.4. The molecule has 1 aromatic carbocycles. The molecule has 1 unspecified atom stereocenters. The Bertz CT molecular complexity index is 1310. The average Bonchev–Trinajstić information content (AvgIpc) is 3.60. The summed E-state index contributed by atoms with van der Waals surface area (Å²) in [5, 5.41) is 8.83. The van der Waals surface area contributed by atoms with E-state index < -0.39 is 0 Å². The molecule has 33 heavy (non-hydrogen) atoms. The summed E-state index contributed by atoms with van der Waals surface area (Å²) in [4.78, 5) is 16.5. The quantitative estimate of drug-likeness (QED) is 0.475. The van der Waals surface area contributed by atoms with Crippen molar-refractivity contribution in [1.82, 2.24) is 34.3 Å². The smallest absolute Gasteiger partial charge is 0.237 e. The molecule has 0 bridgehead atoms. The van der Waals surface area contributed by atoms with E-state index in [-0.39, 0.29) is 17.9 Å². The van der Waals surface area contributed by atoms with Crippen LogP contribution in [0.3, 0.4) is 0 Å². The number of imidazole rings is 1. The number of benzene rings is 1. The van der Waals surface area contributed by atoms with Crippen LogP contribution < -0.4 is 4.90 Å². The van der Waals surface area contributed by atoms with Gasteiger partial charge in [0.15, 0.2) is 11.6 Å². The van der Waals surface area contributed by atoms with Crippen molar-refractivity contribution < 1.29 is 9.13 Å². The van der Waals surface area contributed by atoms with E-state index in [2.05, 4.69) is 32.0 Å². The monoisotopic (exact) mass is 446 g/mol. The maximum atomic E-state index is 13.4. The third kappa shape index (κ3) is 3.12. The number of aryl methyl sites for hydroxylation is 1. The van der Waals surface area contributed by atoms with Crippen LogP contribution in [0.2, 0.25) is 0 Å². The number of fused-ring (bicyclic) bond motifs is 3. The van der Waals surface area contributed by atoms with Crippen LogP contribution in [0.15, 0.2) is 42.9 Å². The van der Waals surface area contributed by atoms with E-state index in [1.54, 1.807) is 18.3 Å². The van der Waals surface area contributed by atoms with Crippen molar-refractivity contribution in [2.75, 3.05) is 18.1 Å². The second-order valence-electron chi connectivity index (χ2n) is 8.30. The van der Waals surface area contributed by atoms with Gasteiger partial charge in [0.25, 0.3) is 0 Å². The second kappa shape index (κ2) is 7.73. The Hall–Kier alpha value is -3.66. The SMILES string of the molecule is CC[C@@H]1c2nnc(C)n2-c2cnc(-n3ccnc3-c3ccc(F)cc3)nc2N1C1CCOC1. The van der Waals surface area contributed by atoms with Gasteiger partial charge in [0.2, 0.25) is 5.95 Å². The Morgan fingerprint density at radius 2 is 2.00 bits per heavy atom. The van der Waals surface area contributed by atoms with E-state index in [0.717, 1.165) is 48.2 Å². The normalized spacial score (nSPS) is 19.5. The minimum absolute atomic E-state index is 0.0347. The van der Waals surface area contributed by atoms with Crippen LogP contribution in [0.4, 0.5) is 10.2 Å². The van der Waals surface area contributed by atoms with Crippen molar-refractivity contribution in [3.05, 3.63) is 60.3 Å². The number of nitrogens with zero attached hydrogens (tertiary/aromatic N) is 8. The molecule has 0 N–H and O–H groups in total. The molecule has 0 aliphatic carbocycles. The van der Waals surface area contributed by atoms with Gasteiger partial charge in [-0.2, -0.15) is 4.98 Å². The molecule has 2 aliphatic rings. The van der Waals surface area contributed by atoms with Gasteiger partial charge in [0.05, 0.1) is 24.9 Å². The summed E-state index contributed by atoms with van der Waals surface area (Å²) >= 11 is 0. The van der Waals surface area contributed by atoms with E-state index in [0.29, 0.717) is 18.4 Å². The molecule has 0 saturated carbocycles. The topological polar surface area (TPSA) is 86.8 Å². The van der Waals surface area contributed by atoms with Crippen LogP contribution in [0.1, 0.15) is 37.5 Å². The molecule has 2 aliphatic heterocycles. The molecule has 3 aromatic heterocycles. The standard InChI is InChI=1S/C23H23FN8O/c1-3-18-22-29-28-14(2)31(22)19-12-26-23(27-21(19)32(18)17-8-11-33-13-17)30-10-9-25-20(30)15-4-6-16(24)7-5-15/h4-7,9-10,12,17-18H,3,8,11,13H2,1-2H3/t17?,18-/m1/s1. The fraction of sp³-hybridized carbons (Fsp3) is 0.348. The molecule has 1 saturated heterocycles. The Morgan fingerprint density at radius 3 is 2.76 bits per heavy atom. The van der Waals surface area contributed by atoms with Crippen molar-refractivity contribution in [2.24, 2.45) is 0 Å². The van der Waals surface area contributed by atoms with Crippen LogP contribution >= 0.6 is 0 Å². The first-order valence-corrected chi connectivity index (χ1v) is 11.1. The molecular formula is C23H23FN8O. The highest BCUT2D eigenvalue weighted by molar-refractivity contribution is 5.64. The van der Waals surface area contributed by atoms with Crippen molar-refractivity contribution in [1.29, 1.82) is 0 Å². The summed E-state index contributed by atoms with van der Waals surface area (Å²) in [5.41, 5.74) is 1.64. The molecule has 10 heteroatoms. The molecule has 5 heterocycles. The summed E-state index contributed by atoms with van der Waals surface area (Å²) in [7, 11) is 0. The fourth-order valence-electron chi connectivity index (χ4n) is 4.81. The Kier molecular flexibility index (Phi) is 4.68. The lowest BCUT2D eigenvalue weighted by Gasteiger charge is -2.40. The van der Waals surface area contributed by atoms with Gasteiger partial charge >= 0.3 is 0 Å². The van der Waals surface area contributed by atoms with Gasteiger partial charge in [-0.05, 0) is 44.0 Å². The van der Waals surface area contributed by atoms with Crippen LogP contribution in [0, 0.1) is 12.7 Å². The predicted octanol–water partition coefficient (Wildman–Crippen LogP) is 3.42. The number of anilines is 1. The van der Waals surface area contributed by atoms with Crippen molar-refractivity contribution in [2.45, 2.75) is 38.8 Å². The van der Waals surface area contributed by atoms with Crippen LogP contribution in [-0.4, -0.2) is 53.5 Å². The van der Waals surface area contributed by atoms with Crippen LogP contribution in [0.25, 0.3) is 23.0 Å². The molecule has 9 nitrogen and oxygen atoms in total. The lowest BCUT2D eigenvalue weighted by Crippen LogP contribution is -2.43. The van der Waals surface area contributed by atoms with Crippen LogP contribution in [-0.2, 0) is 4.74 Å². The number of halogens is 1. The van der Waals surface area contributed by atoms with Crippen LogP contribution in [0.5, 0.6) is 0 Å². The van der Waals surface area contributed by atoms with Gasteiger partial charge in [0.1, 0.15) is 23.2 Å². The average molecular weight is 446 g/mol. The lowest BCUT2D eigenvalue weighted by molar-refractivity contribution is 0.191. The molecule has 0 amide bonds. The number of aromatic nitrogens is 7. The maximum Gasteiger partial charge on any atom is 0.237 e. The summed E-state index contributed by atoms with van der Waals surface area (Å²) in [6, 6.07) is 6.48. The second-order valence-corrected chi connectivity index (χ2v) is 8.30. The van der Waals surface area contributed by atoms with Crippen molar-refractivity contribution >= 4 is 5.82 Å². The number of hydrogen-bond donors (Lipinski definition) is 0. The summed E-state index contributed by atoms with van der Waals surface area (Å²) < 4.78 is 23.1. The third-order valence-corrected chi connectivity index (χ3v) is 6.35. The molecule has 0 radical (unpaired) electrons. The summed E-state index contributed by atoms with van der Waals surface area (Å²) in [6.45, 7) is 5.47. The first-order chi connectivity index (χ1) is 16.2. The molecule has 4 aromatic rings. The summed E-state index contributed by atoms with van der Waals surface area (Å²) in [5.74, 6) is 3.39. The van der Waals surface area contributed by atoms with E-state index in [9.17, 15) is 4.39 Å². The highest BCUT2D eigenvalue weighted by Gasteiger charge is 2.39. The van der Waals surface area contributed by atoms with Gasteiger partial charge in [-0.25, -0.2) is 14.4 Å². The highest BCUT2D eigenvalue weighted by atomic mass is 19.1. The van der Waals surface area contributed by atoms with Crippen molar-refractivity contribution in [3.63, 3.8) is 0 Å². The van der Waals surface area contributed by atoms with Gasteiger partial charge in [-0.3, -0.25) is 9.13 Å². The van der Waals surface area contributed by atoms with Crippen molar-refractivity contribution in [3.8, 4) is 23.0 Å². The zero-order chi connectivity index (χ0) is 22.5. The number of hydrogen-bond acceptors (Lipinski definition) is 7. The molecule has 2 atom stereocenters. The minimum atomic E-state index is -0.290. The first-order valence-electron chi connectivity index (χ1n) is 11.1. The Morgan fingerprint density at radius 1 is 1.15 bits per heavy atom. The Labute approximate surface area is 189 Å². The predicted molar refractivity (Wildman–Crippen MR) is 119 cm³/mol. The lowest BCUT2D eigenvalue weighted by atomic mass is 10.0. The molecular weight excluding hydrogens is 423 g/mol. The van der Waals surface area contributed by atoms with E-state index in [1.807, 2.05) is 28.5 Å². The fourth-order valence-corrected chi connectivity index (χ4v) is 4.81. The third-order valence-electron chi connectivity index (χ3n) is 6.35. The maximum absolute atomic E-state index is 13.4. The van der Waals surface area contributed by atoms with E-state index in [1.165, 1.54) is 12.1 Å². The van der Waals surface area contributed by atoms with Gasteiger partial charge in [0, 0.05) is 24.6 Å². The zero-order valence-electron chi connectivity index (χ0n) is 18.4. The van der Waals surface area contributed by atoms with Gasteiger partial charge < -0.3 is 9.64 Å². The molecule has 6 rings (SSSR count). The molecule has 1 fully saturated rings. The molecule has 0 spiro atoms. The largest absolute Gasteiger partial charge is 0.379 e. The summed E-state index contributed by atoms with van der Waals surface area (Å²) in [6.07, 6.45) is 7.12. The number of ether oxygens (including phenoxy) is 1.